The first-order chi connectivity index (χ1) is 9.40. The second kappa shape index (κ2) is 5.60. The number of anilines is 1. The molecule has 3 heteroatoms. The Balaban J connectivity index is 2.42. The first kappa shape index (κ1) is 14.5. The highest BCUT2D eigenvalue weighted by molar-refractivity contribution is 8.00. The summed E-state index contributed by atoms with van der Waals surface area (Å²) in [7, 11) is 0. The van der Waals surface area contributed by atoms with Gasteiger partial charge in [-0.3, -0.25) is 0 Å². The van der Waals surface area contributed by atoms with E-state index in [0.717, 1.165) is 21.7 Å². The fourth-order valence-corrected chi connectivity index (χ4v) is 2.94. The fourth-order valence-electron chi connectivity index (χ4n) is 1.97. The maximum absolute atomic E-state index is 9.17. The summed E-state index contributed by atoms with van der Waals surface area (Å²) in [5.41, 5.74) is 9.49. The highest BCUT2D eigenvalue weighted by Crippen LogP contribution is 2.37. The van der Waals surface area contributed by atoms with Gasteiger partial charge in [-0.2, -0.15) is 5.26 Å². The van der Waals surface area contributed by atoms with Crippen LogP contribution in [0.15, 0.2) is 47.4 Å². The largest absolute Gasteiger partial charge is 0.398 e. The highest BCUT2D eigenvalue weighted by Gasteiger charge is 2.14. The van der Waals surface area contributed by atoms with Crippen molar-refractivity contribution in [3.8, 4) is 17.2 Å². The van der Waals surface area contributed by atoms with Crippen molar-refractivity contribution in [2.75, 3.05) is 5.73 Å². The lowest BCUT2D eigenvalue weighted by molar-refractivity contribution is 0.803. The van der Waals surface area contributed by atoms with Crippen LogP contribution >= 0.6 is 11.8 Å². The van der Waals surface area contributed by atoms with Crippen LogP contribution in [0.3, 0.4) is 0 Å². The van der Waals surface area contributed by atoms with Gasteiger partial charge >= 0.3 is 0 Å². The number of benzene rings is 2. The molecule has 0 spiro atoms. The molecule has 2 rings (SSSR count). The molecule has 0 saturated carbocycles. The van der Waals surface area contributed by atoms with Gasteiger partial charge in [0.1, 0.15) is 0 Å². The molecule has 2 aromatic rings. The van der Waals surface area contributed by atoms with Crippen molar-refractivity contribution in [1.29, 1.82) is 5.26 Å². The third-order valence-electron chi connectivity index (χ3n) is 2.78. The number of nitriles is 1. The predicted molar refractivity (Wildman–Crippen MR) is 86.6 cm³/mol. The van der Waals surface area contributed by atoms with Crippen molar-refractivity contribution in [2.24, 2.45) is 0 Å². The molecule has 2 aromatic carbocycles. The Labute approximate surface area is 124 Å². The molecule has 0 radical (unpaired) electrons. The Morgan fingerprint density at radius 2 is 1.80 bits per heavy atom. The summed E-state index contributed by atoms with van der Waals surface area (Å²) in [5, 5.41) is 9.17. The second-order valence-corrected chi connectivity index (χ2v) is 7.49. The molecule has 0 aromatic heterocycles. The van der Waals surface area contributed by atoms with Crippen LogP contribution in [0, 0.1) is 11.3 Å². The van der Waals surface area contributed by atoms with Crippen LogP contribution in [0.25, 0.3) is 11.1 Å². The maximum atomic E-state index is 9.17. The van der Waals surface area contributed by atoms with Gasteiger partial charge in [-0.15, -0.1) is 11.8 Å². The van der Waals surface area contributed by atoms with E-state index in [1.807, 2.05) is 42.5 Å². The van der Waals surface area contributed by atoms with Crippen LogP contribution in [0.4, 0.5) is 5.69 Å². The number of nitrogens with zero attached hydrogens (tertiary/aromatic N) is 1. The average molecular weight is 282 g/mol. The average Bonchev–Trinajstić information content (AvgIpc) is 2.39. The maximum Gasteiger partial charge on any atom is 0.0998 e. The lowest BCUT2D eigenvalue weighted by atomic mass is 10.0. The Morgan fingerprint density at radius 3 is 2.40 bits per heavy atom. The monoisotopic (exact) mass is 282 g/mol. The second-order valence-electron chi connectivity index (χ2n) is 5.62. The van der Waals surface area contributed by atoms with E-state index in [1.165, 1.54) is 0 Å². The van der Waals surface area contributed by atoms with Gasteiger partial charge in [0.25, 0.3) is 0 Å². The molecule has 0 aliphatic heterocycles. The topological polar surface area (TPSA) is 49.8 Å². The third kappa shape index (κ3) is 3.34. The van der Waals surface area contributed by atoms with E-state index in [9.17, 15) is 5.26 Å². The van der Waals surface area contributed by atoms with Gasteiger partial charge in [0.05, 0.1) is 11.6 Å². The van der Waals surface area contributed by atoms with Crippen LogP contribution in [-0.4, -0.2) is 4.75 Å². The molecule has 0 aliphatic carbocycles. The molecule has 0 atom stereocenters. The number of nitrogen functional groups attached to an aromatic ring is 1. The summed E-state index contributed by atoms with van der Waals surface area (Å²) in [6.45, 7) is 6.49. The normalized spacial score (nSPS) is 11.1. The van der Waals surface area contributed by atoms with Crippen molar-refractivity contribution in [2.45, 2.75) is 30.4 Å². The van der Waals surface area contributed by atoms with Crippen LogP contribution in [-0.2, 0) is 0 Å². The minimum absolute atomic E-state index is 0.125. The van der Waals surface area contributed by atoms with Crippen molar-refractivity contribution in [3.63, 3.8) is 0 Å². The van der Waals surface area contributed by atoms with E-state index in [4.69, 9.17) is 5.73 Å². The molecule has 0 saturated heterocycles. The van der Waals surface area contributed by atoms with E-state index >= 15 is 0 Å². The van der Waals surface area contributed by atoms with Crippen LogP contribution in [0.1, 0.15) is 26.3 Å². The summed E-state index contributed by atoms with van der Waals surface area (Å²) in [6.07, 6.45) is 0. The molecule has 20 heavy (non-hydrogen) atoms. The number of nitrogens with two attached hydrogens (primary N) is 1. The minimum atomic E-state index is 0.125. The van der Waals surface area contributed by atoms with E-state index < -0.39 is 0 Å². The standard InChI is InChI=1S/C17H18N2S/c1-17(2,3)20-16-9-8-12(10-15(16)19)14-7-5-4-6-13(14)11-18/h4-10H,19H2,1-3H3. The Hall–Kier alpha value is -1.92. The third-order valence-corrected chi connectivity index (χ3v) is 3.99. The van der Waals surface area contributed by atoms with Gasteiger partial charge in [0, 0.05) is 15.3 Å². The molecule has 2 N–H and O–H groups in total. The molecular weight excluding hydrogens is 264 g/mol. The summed E-state index contributed by atoms with van der Waals surface area (Å²) in [4.78, 5) is 1.08. The van der Waals surface area contributed by atoms with Gasteiger partial charge in [-0.25, -0.2) is 0 Å². The number of thioether (sulfide) groups is 1. The lowest BCUT2D eigenvalue weighted by Crippen LogP contribution is -2.07. The molecule has 0 bridgehead atoms. The smallest absolute Gasteiger partial charge is 0.0998 e. The highest BCUT2D eigenvalue weighted by atomic mass is 32.2. The molecule has 0 heterocycles. The Morgan fingerprint density at radius 1 is 1.10 bits per heavy atom. The summed E-state index contributed by atoms with van der Waals surface area (Å²) >= 11 is 1.75. The van der Waals surface area contributed by atoms with Crippen molar-refractivity contribution in [1.82, 2.24) is 0 Å². The van der Waals surface area contributed by atoms with Gasteiger partial charge in [0.15, 0.2) is 0 Å². The quantitative estimate of drug-likeness (QED) is 0.641. The van der Waals surface area contributed by atoms with Crippen molar-refractivity contribution >= 4 is 17.4 Å². The zero-order chi connectivity index (χ0) is 14.8. The van der Waals surface area contributed by atoms with Gasteiger partial charge in [0.2, 0.25) is 0 Å². The van der Waals surface area contributed by atoms with Gasteiger partial charge in [-0.05, 0) is 29.3 Å². The van der Waals surface area contributed by atoms with Crippen LogP contribution < -0.4 is 5.73 Å². The van der Waals surface area contributed by atoms with E-state index in [0.29, 0.717) is 5.56 Å². The van der Waals surface area contributed by atoms with Crippen LogP contribution in [0.5, 0.6) is 0 Å². The van der Waals surface area contributed by atoms with Gasteiger partial charge in [-0.1, -0.05) is 45.0 Å². The Kier molecular flexibility index (Phi) is 4.06. The van der Waals surface area contributed by atoms with E-state index in [-0.39, 0.29) is 4.75 Å². The molecule has 0 fully saturated rings. The summed E-state index contributed by atoms with van der Waals surface area (Å²) in [5.74, 6) is 0. The number of hydrogen-bond acceptors (Lipinski definition) is 3. The molecule has 0 unspecified atom stereocenters. The van der Waals surface area contributed by atoms with Gasteiger partial charge < -0.3 is 5.73 Å². The molecule has 2 nitrogen and oxygen atoms in total. The summed E-state index contributed by atoms with van der Waals surface area (Å²) < 4.78 is 0.125. The zero-order valence-corrected chi connectivity index (χ0v) is 12.8. The first-order valence-corrected chi connectivity index (χ1v) is 7.30. The number of hydrogen-bond donors (Lipinski definition) is 1. The number of rotatable bonds is 2. The van der Waals surface area contributed by atoms with Crippen molar-refractivity contribution in [3.05, 3.63) is 48.0 Å². The fraction of sp³-hybridized carbons (Fsp3) is 0.235. The molecule has 0 aliphatic rings. The van der Waals surface area contributed by atoms with Crippen LogP contribution in [0.2, 0.25) is 0 Å². The van der Waals surface area contributed by atoms with E-state index in [2.05, 4.69) is 26.8 Å². The van der Waals surface area contributed by atoms with E-state index in [1.54, 1.807) is 11.8 Å². The molecular formula is C17H18N2S. The molecule has 0 amide bonds. The zero-order valence-electron chi connectivity index (χ0n) is 12.0. The SMILES string of the molecule is CC(C)(C)Sc1ccc(-c2ccccc2C#N)cc1N. The Bertz CT molecular complexity index is 663. The predicted octanol–water partition coefficient (Wildman–Crippen LogP) is 4.70. The summed E-state index contributed by atoms with van der Waals surface area (Å²) in [6, 6.07) is 15.8. The minimum Gasteiger partial charge on any atom is -0.398 e. The lowest BCUT2D eigenvalue weighted by Gasteiger charge is -2.19. The first-order valence-electron chi connectivity index (χ1n) is 6.49. The van der Waals surface area contributed by atoms with Crippen molar-refractivity contribution < 1.29 is 0 Å². The molecule has 102 valence electrons.